The highest BCUT2D eigenvalue weighted by Crippen LogP contribution is 2.31. The van der Waals surface area contributed by atoms with Gasteiger partial charge in [0.05, 0.1) is 19.8 Å². The second kappa shape index (κ2) is 5.46. The Bertz CT molecular complexity index is 483. The van der Waals surface area contributed by atoms with Crippen LogP contribution in [0.2, 0.25) is 0 Å². The van der Waals surface area contributed by atoms with Crippen LogP contribution >= 0.6 is 0 Å². The molecule has 0 heterocycles. The van der Waals surface area contributed by atoms with Crippen LogP contribution < -0.4 is 9.47 Å². The van der Waals surface area contributed by atoms with E-state index in [4.69, 9.17) is 15.9 Å². The maximum absolute atomic E-state index is 11.4. The normalized spacial score (nSPS) is 10.4. The van der Waals surface area contributed by atoms with Gasteiger partial charge in [0.1, 0.15) is 0 Å². The van der Waals surface area contributed by atoms with Crippen LogP contribution in [0.3, 0.4) is 0 Å². The van der Waals surface area contributed by atoms with Gasteiger partial charge < -0.3 is 14.2 Å². The molecule has 0 bridgehead atoms. The topological polar surface area (TPSA) is 44.8 Å². The minimum atomic E-state index is -0.750. The van der Waals surface area contributed by atoms with E-state index < -0.39 is 11.6 Å². The van der Waals surface area contributed by atoms with Crippen LogP contribution in [0.4, 0.5) is 0 Å². The van der Waals surface area contributed by atoms with E-state index in [0.29, 0.717) is 17.1 Å². The summed E-state index contributed by atoms with van der Waals surface area (Å²) in [6, 6.07) is 4.77. The third-order valence-corrected chi connectivity index (χ3v) is 2.30. The quantitative estimate of drug-likeness (QED) is 0.605. The minimum absolute atomic E-state index is 0.389. The Morgan fingerprint density at radius 3 is 2.44 bits per heavy atom. The molecule has 0 saturated carbocycles. The molecule has 0 aliphatic heterocycles. The molecule has 0 unspecified atom stereocenters. The monoisotopic (exact) mass is 248 g/mol. The molecule has 0 amide bonds. The highest BCUT2D eigenvalue weighted by atomic mass is 16.5. The van der Waals surface area contributed by atoms with Crippen molar-refractivity contribution in [3.05, 3.63) is 23.8 Å². The number of carbonyl (C=O) groups is 1. The van der Waals surface area contributed by atoms with Crippen LogP contribution in [0.15, 0.2) is 18.2 Å². The number of benzene rings is 1. The van der Waals surface area contributed by atoms with Crippen molar-refractivity contribution in [3.8, 4) is 23.8 Å². The molecule has 0 spiro atoms. The van der Waals surface area contributed by atoms with Crippen LogP contribution in [0.1, 0.15) is 24.2 Å². The van der Waals surface area contributed by atoms with E-state index in [1.165, 1.54) is 14.2 Å². The number of methoxy groups -OCH3 is 2. The number of rotatable bonds is 4. The summed E-state index contributed by atoms with van der Waals surface area (Å²) in [5.41, 5.74) is -0.361. The van der Waals surface area contributed by atoms with Gasteiger partial charge in [-0.1, -0.05) is 5.92 Å². The maximum atomic E-state index is 11.4. The molecule has 4 heteroatoms. The third kappa shape index (κ3) is 3.17. The number of hydrogen-bond acceptors (Lipinski definition) is 4. The van der Waals surface area contributed by atoms with Crippen molar-refractivity contribution in [2.24, 2.45) is 0 Å². The van der Waals surface area contributed by atoms with Gasteiger partial charge in [-0.25, -0.2) is 4.79 Å². The van der Waals surface area contributed by atoms with Crippen molar-refractivity contribution in [1.29, 1.82) is 0 Å². The summed E-state index contributed by atoms with van der Waals surface area (Å²) in [5.74, 6) is 3.00. The van der Waals surface area contributed by atoms with Gasteiger partial charge in [0.15, 0.2) is 17.1 Å². The smallest absolute Gasteiger partial charge is 0.337 e. The lowest BCUT2D eigenvalue weighted by atomic mass is 10.1. The average Bonchev–Trinajstić information content (AvgIpc) is 2.38. The number of esters is 1. The van der Waals surface area contributed by atoms with E-state index in [1.54, 1.807) is 32.0 Å². The summed E-state index contributed by atoms with van der Waals surface area (Å²) in [4.78, 5) is 11.4. The van der Waals surface area contributed by atoms with Gasteiger partial charge in [0.25, 0.3) is 0 Å². The molecule has 1 aromatic carbocycles. The lowest BCUT2D eigenvalue weighted by Gasteiger charge is -2.21. The largest absolute Gasteiger partial charge is 0.493 e. The van der Waals surface area contributed by atoms with E-state index in [2.05, 4.69) is 10.7 Å². The first-order chi connectivity index (χ1) is 8.43. The van der Waals surface area contributed by atoms with E-state index in [-0.39, 0.29) is 0 Å². The van der Waals surface area contributed by atoms with Gasteiger partial charge in [0.2, 0.25) is 0 Å². The molecule has 0 saturated heterocycles. The number of carbonyl (C=O) groups excluding carboxylic acids is 1. The van der Waals surface area contributed by atoms with Crippen molar-refractivity contribution in [2.45, 2.75) is 19.4 Å². The van der Waals surface area contributed by atoms with Crippen LogP contribution in [-0.2, 0) is 4.74 Å². The maximum Gasteiger partial charge on any atom is 0.337 e. The molecule has 18 heavy (non-hydrogen) atoms. The lowest BCUT2D eigenvalue weighted by Crippen LogP contribution is -2.25. The standard InChI is InChI=1S/C14H16O4/c1-6-14(2,3)18-11-8-7-10(13(15)17-5)9-12(11)16-4/h1,7-9H,2-5H3. The SMILES string of the molecule is C#CC(C)(C)Oc1ccc(C(=O)OC)cc1OC. The second-order valence-corrected chi connectivity index (χ2v) is 4.11. The first-order valence-electron chi connectivity index (χ1n) is 5.36. The molecule has 0 aromatic heterocycles. The van der Waals surface area contributed by atoms with E-state index in [9.17, 15) is 4.79 Å². The fourth-order valence-electron chi connectivity index (χ4n) is 1.30. The predicted octanol–water partition coefficient (Wildman–Crippen LogP) is 2.27. The van der Waals surface area contributed by atoms with Crippen LogP contribution in [0.25, 0.3) is 0 Å². The highest BCUT2D eigenvalue weighted by Gasteiger charge is 2.19. The van der Waals surface area contributed by atoms with Crippen molar-refractivity contribution in [3.63, 3.8) is 0 Å². The highest BCUT2D eigenvalue weighted by molar-refractivity contribution is 5.90. The lowest BCUT2D eigenvalue weighted by molar-refractivity contribution is 0.0600. The number of hydrogen-bond donors (Lipinski definition) is 0. The van der Waals surface area contributed by atoms with Crippen molar-refractivity contribution >= 4 is 5.97 Å². The molecule has 1 rings (SSSR count). The van der Waals surface area contributed by atoms with E-state index in [0.717, 1.165) is 0 Å². The fraction of sp³-hybridized carbons (Fsp3) is 0.357. The molecule has 0 aliphatic rings. The van der Waals surface area contributed by atoms with Crippen LogP contribution in [-0.4, -0.2) is 25.8 Å². The van der Waals surface area contributed by atoms with Gasteiger partial charge in [-0.15, -0.1) is 6.42 Å². The van der Waals surface area contributed by atoms with Gasteiger partial charge in [-0.3, -0.25) is 0 Å². The molecule has 0 N–H and O–H groups in total. The summed E-state index contributed by atoms with van der Waals surface area (Å²) in [5, 5.41) is 0. The molecule has 0 radical (unpaired) electrons. The second-order valence-electron chi connectivity index (χ2n) is 4.11. The zero-order valence-corrected chi connectivity index (χ0v) is 10.9. The first kappa shape index (κ1) is 13.9. The summed E-state index contributed by atoms with van der Waals surface area (Å²) >= 11 is 0. The molecule has 0 fully saturated rings. The Morgan fingerprint density at radius 2 is 1.94 bits per heavy atom. The Morgan fingerprint density at radius 1 is 1.28 bits per heavy atom. The summed E-state index contributed by atoms with van der Waals surface area (Å²) in [6.45, 7) is 3.53. The predicted molar refractivity (Wildman–Crippen MR) is 67.9 cm³/mol. The Balaban J connectivity index is 3.09. The van der Waals surface area contributed by atoms with Gasteiger partial charge in [0, 0.05) is 0 Å². The molecule has 0 atom stereocenters. The molecule has 96 valence electrons. The van der Waals surface area contributed by atoms with E-state index in [1.807, 2.05) is 0 Å². The Hall–Kier alpha value is -2.15. The fourth-order valence-corrected chi connectivity index (χ4v) is 1.30. The van der Waals surface area contributed by atoms with Crippen LogP contribution in [0, 0.1) is 12.3 Å². The minimum Gasteiger partial charge on any atom is -0.493 e. The molecular formula is C14H16O4. The van der Waals surface area contributed by atoms with Gasteiger partial charge >= 0.3 is 5.97 Å². The third-order valence-electron chi connectivity index (χ3n) is 2.30. The number of ether oxygens (including phenoxy) is 3. The van der Waals surface area contributed by atoms with E-state index >= 15 is 0 Å². The first-order valence-corrected chi connectivity index (χ1v) is 5.36. The van der Waals surface area contributed by atoms with Gasteiger partial charge in [-0.2, -0.15) is 0 Å². The average molecular weight is 248 g/mol. The van der Waals surface area contributed by atoms with Crippen LogP contribution in [0.5, 0.6) is 11.5 Å². The molecule has 0 aliphatic carbocycles. The summed E-state index contributed by atoms with van der Waals surface area (Å²) in [6.07, 6.45) is 5.36. The molecular weight excluding hydrogens is 232 g/mol. The van der Waals surface area contributed by atoms with Crippen molar-refractivity contribution < 1.29 is 19.0 Å². The zero-order valence-electron chi connectivity index (χ0n) is 10.9. The molecule has 1 aromatic rings. The van der Waals surface area contributed by atoms with Gasteiger partial charge in [-0.05, 0) is 32.0 Å². The Labute approximate surface area is 107 Å². The zero-order chi connectivity index (χ0) is 13.8. The summed E-state index contributed by atoms with van der Waals surface area (Å²) < 4.78 is 15.4. The number of terminal acetylenes is 1. The molecule has 4 nitrogen and oxygen atoms in total. The van der Waals surface area contributed by atoms with Crippen molar-refractivity contribution in [1.82, 2.24) is 0 Å². The Kier molecular flexibility index (Phi) is 4.22. The summed E-state index contributed by atoms with van der Waals surface area (Å²) in [7, 11) is 2.81. The van der Waals surface area contributed by atoms with Crippen molar-refractivity contribution in [2.75, 3.05) is 14.2 Å².